The van der Waals surface area contributed by atoms with Crippen LogP contribution < -0.4 is 10.1 Å². The molecule has 3 rings (SSSR count). The van der Waals surface area contributed by atoms with Crippen LogP contribution in [0.25, 0.3) is 0 Å². The SMILES string of the molecule is COc1ccc(C(=O)Nc2ccc(S(=O)(=O)N3CCCC3)cc2)cc1C. The van der Waals surface area contributed by atoms with Crippen molar-refractivity contribution in [3.05, 3.63) is 53.6 Å². The fourth-order valence-corrected chi connectivity index (χ4v) is 4.53. The Morgan fingerprint density at radius 2 is 1.73 bits per heavy atom. The molecular formula is C19H22N2O4S. The molecule has 1 aliphatic heterocycles. The Morgan fingerprint density at radius 3 is 2.31 bits per heavy atom. The van der Waals surface area contributed by atoms with Gasteiger partial charge < -0.3 is 10.1 Å². The van der Waals surface area contributed by atoms with Crippen LogP contribution in [0.1, 0.15) is 28.8 Å². The first-order valence-electron chi connectivity index (χ1n) is 8.48. The molecule has 0 saturated carbocycles. The number of methoxy groups -OCH3 is 1. The number of ether oxygens (including phenoxy) is 1. The number of nitrogens with one attached hydrogen (secondary N) is 1. The number of sulfonamides is 1. The Hall–Kier alpha value is -2.38. The summed E-state index contributed by atoms with van der Waals surface area (Å²) in [7, 11) is -1.86. The molecule has 0 aromatic heterocycles. The van der Waals surface area contributed by atoms with Crippen molar-refractivity contribution >= 4 is 21.6 Å². The van der Waals surface area contributed by atoms with Crippen molar-refractivity contribution in [2.24, 2.45) is 0 Å². The summed E-state index contributed by atoms with van der Waals surface area (Å²) >= 11 is 0. The van der Waals surface area contributed by atoms with Crippen LogP contribution in [-0.4, -0.2) is 38.8 Å². The zero-order chi connectivity index (χ0) is 18.7. The number of anilines is 1. The summed E-state index contributed by atoms with van der Waals surface area (Å²) in [6.45, 7) is 3.00. The van der Waals surface area contributed by atoms with Gasteiger partial charge in [-0.3, -0.25) is 4.79 Å². The van der Waals surface area contributed by atoms with Crippen molar-refractivity contribution in [2.45, 2.75) is 24.7 Å². The molecule has 1 N–H and O–H groups in total. The van der Waals surface area contributed by atoms with Crippen LogP contribution in [0.15, 0.2) is 47.4 Å². The Kier molecular flexibility index (Phi) is 5.29. The molecule has 1 heterocycles. The van der Waals surface area contributed by atoms with Gasteiger partial charge >= 0.3 is 0 Å². The van der Waals surface area contributed by atoms with Gasteiger partial charge in [-0.15, -0.1) is 0 Å². The number of aryl methyl sites for hydroxylation is 1. The number of carbonyl (C=O) groups excluding carboxylic acids is 1. The molecule has 0 unspecified atom stereocenters. The number of nitrogens with zero attached hydrogens (tertiary/aromatic N) is 1. The van der Waals surface area contributed by atoms with Crippen molar-refractivity contribution in [3.63, 3.8) is 0 Å². The van der Waals surface area contributed by atoms with E-state index in [0.29, 0.717) is 24.3 Å². The summed E-state index contributed by atoms with van der Waals surface area (Å²) in [6, 6.07) is 11.5. The third-order valence-electron chi connectivity index (χ3n) is 4.47. The second kappa shape index (κ2) is 7.47. The predicted octanol–water partition coefficient (Wildman–Crippen LogP) is 3.04. The maximum absolute atomic E-state index is 12.5. The molecule has 1 amide bonds. The van der Waals surface area contributed by atoms with E-state index < -0.39 is 10.0 Å². The first-order chi connectivity index (χ1) is 12.4. The minimum absolute atomic E-state index is 0.248. The van der Waals surface area contributed by atoms with Crippen LogP contribution in [-0.2, 0) is 10.0 Å². The lowest BCUT2D eigenvalue weighted by Crippen LogP contribution is -2.27. The number of rotatable bonds is 5. The number of benzene rings is 2. The van der Waals surface area contributed by atoms with E-state index in [-0.39, 0.29) is 10.8 Å². The average molecular weight is 374 g/mol. The number of hydrogen-bond acceptors (Lipinski definition) is 4. The fourth-order valence-electron chi connectivity index (χ4n) is 3.01. The molecule has 0 aliphatic carbocycles. The highest BCUT2D eigenvalue weighted by Gasteiger charge is 2.26. The van der Waals surface area contributed by atoms with E-state index in [1.54, 1.807) is 37.4 Å². The van der Waals surface area contributed by atoms with Gasteiger partial charge in [0.15, 0.2) is 0 Å². The van der Waals surface area contributed by atoms with Gasteiger partial charge in [0.1, 0.15) is 5.75 Å². The Bertz CT molecular complexity index is 902. The van der Waals surface area contributed by atoms with Crippen LogP contribution in [0.2, 0.25) is 0 Å². The quantitative estimate of drug-likeness (QED) is 0.873. The van der Waals surface area contributed by atoms with Crippen molar-refractivity contribution in [2.75, 3.05) is 25.5 Å². The average Bonchev–Trinajstić information content (AvgIpc) is 3.17. The fraction of sp³-hybridized carbons (Fsp3) is 0.316. The summed E-state index contributed by atoms with van der Waals surface area (Å²) in [6.07, 6.45) is 1.79. The molecule has 6 nitrogen and oxygen atoms in total. The van der Waals surface area contributed by atoms with Gasteiger partial charge in [0.05, 0.1) is 12.0 Å². The molecule has 2 aromatic carbocycles. The van der Waals surface area contributed by atoms with E-state index in [4.69, 9.17) is 4.74 Å². The highest BCUT2D eigenvalue weighted by Crippen LogP contribution is 2.23. The molecule has 26 heavy (non-hydrogen) atoms. The third-order valence-corrected chi connectivity index (χ3v) is 6.38. The monoisotopic (exact) mass is 374 g/mol. The van der Waals surface area contributed by atoms with Crippen molar-refractivity contribution < 1.29 is 17.9 Å². The highest BCUT2D eigenvalue weighted by atomic mass is 32.2. The molecule has 138 valence electrons. The van der Waals surface area contributed by atoms with Crippen LogP contribution >= 0.6 is 0 Å². The van der Waals surface area contributed by atoms with E-state index >= 15 is 0 Å². The summed E-state index contributed by atoms with van der Waals surface area (Å²) < 4.78 is 31.7. The standard InChI is InChI=1S/C19H22N2O4S/c1-14-13-15(5-10-18(14)25-2)19(22)20-16-6-8-17(9-7-16)26(23,24)21-11-3-4-12-21/h5-10,13H,3-4,11-12H2,1-2H3,(H,20,22). The number of carbonyl (C=O) groups is 1. The van der Waals surface area contributed by atoms with Gasteiger partial charge in [-0.2, -0.15) is 4.31 Å². The Morgan fingerprint density at radius 1 is 1.08 bits per heavy atom. The van der Waals surface area contributed by atoms with Gasteiger partial charge in [0.2, 0.25) is 10.0 Å². The van der Waals surface area contributed by atoms with Crippen LogP contribution in [0.3, 0.4) is 0 Å². The molecule has 0 radical (unpaired) electrons. The van der Waals surface area contributed by atoms with Crippen molar-refractivity contribution in [1.82, 2.24) is 4.31 Å². The van der Waals surface area contributed by atoms with Gasteiger partial charge in [0, 0.05) is 24.3 Å². The molecule has 0 atom stereocenters. The summed E-state index contributed by atoms with van der Waals surface area (Å²) in [5.74, 6) is 0.462. The van der Waals surface area contributed by atoms with Gasteiger partial charge in [-0.25, -0.2) is 8.42 Å². The van der Waals surface area contributed by atoms with Crippen LogP contribution in [0, 0.1) is 6.92 Å². The van der Waals surface area contributed by atoms with E-state index in [0.717, 1.165) is 24.2 Å². The first kappa shape index (κ1) is 18.4. The Labute approximate surface area is 153 Å². The lowest BCUT2D eigenvalue weighted by Gasteiger charge is -2.15. The molecule has 1 aliphatic rings. The summed E-state index contributed by atoms with van der Waals surface area (Å²) in [5, 5.41) is 2.78. The molecule has 0 bridgehead atoms. The smallest absolute Gasteiger partial charge is 0.255 e. The van der Waals surface area contributed by atoms with Gasteiger partial charge in [-0.1, -0.05) is 0 Å². The van der Waals surface area contributed by atoms with E-state index in [1.807, 2.05) is 6.92 Å². The first-order valence-corrected chi connectivity index (χ1v) is 9.92. The molecule has 1 fully saturated rings. The molecule has 0 spiro atoms. The number of hydrogen-bond donors (Lipinski definition) is 1. The lowest BCUT2D eigenvalue weighted by molar-refractivity contribution is 0.102. The third kappa shape index (κ3) is 3.73. The van der Waals surface area contributed by atoms with Crippen molar-refractivity contribution in [3.8, 4) is 5.75 Å². The summed E-state index contributed by atoms with van der Waals surface area (Å²) in [5.41, 5.74) is 1.92. The second-order valence-electron chi connectivity index (χ2n) is 6.27. The van der Waals surface area contributed by atoms with E-state index in [1.165, 1.54) is 16.4 Å². The predicted molar refractivity (Wildman–Crippen MR) is 100 cm³/mol. The highest BCUT2D eigenvalue weighted by molar-refractivity contribution is 7.89. The van der Waals surface area contributed by atoms with Crippen LogP contribution in [0.4, 0.5) is 5.69 Å². The Balaban J connectivity index is 1.73. The zero-order valence-electron chi connectivity index (χ0n) is 14.9. The minimum atomic E-state index is -3.44. The lowest BCUT2D eigenvalue weighted by atomic mass is 10.1. The normalized spacial score (nSPS) is 15.0. The van der Waals surface area contributed by atoms with Gasteiger partial charge in [-0.05, 0) is 67.8 Å². The van der Waals surface area contributed by atoms with Crippen molar-refractivity contribution in [1.29, 1.82) is 0 Å². The largest absolute Gasteiger partial charge is 0.496 e. The van der Waals surface area contributed by atoms with E-state index in [2.05, 4.69) is 5.32 Å². The molecule has 1 saturated heterocycles. The number of amides is 1. The van der Waals surface area contributed by atoms with E-state index in [9.17, 15) is 13.2 Å². The topological polar surface area (TPSA) is 75.7 Å². The maximum Gasteiger partial charge on any atom is 0.255 e. The molecule has 2 aromatic rings. The van der Waals surface area contributed by atoms with Crippen LogP contribution in [0.5, 0.6) is 5.75 Å². The molecule has 7 heteroatoms. The maximum atomic E-state index is 12.5. The molecular weight excluding hydrogens is 352 g/mol. The zero-order valence-corrected chi connectivity index (χ0v) is 15.7. The minimum Gasteiger partial charge on any atom is -0.496 e. The van der Waals surface area contributed by atoms with Gasteiger partial charge in [0.25, 0.3) is 5.91 Å². The summed E-state index contributed by atoms with van der Waals surface area (Å²) in [4.78, 5) is 12.6. The second-order valence-corrected chi connectivity index (χ2v) is 8.21.